The third-order valence-corrected chi connectivity index (χ3v) is 3.15. The molecule has 0 radical (unpaired) electrons. The van der Waals surface area contributed by atoms with E-state index in [0.29, 0.717) is 5.56 Å². The van der Waals surface area contributed by atoms with Gasteiger partial charge in [-0.1, -0.05) is 36.4 Å². The van der Waals surface area contributed by atoms with E-state index in [9.17, 15) is 14.7 Å². The maximum absolute atomic E-state index is 11.9. The lowest BCUT2D eigenvalue weighted by Crippen LogP contribution is -2.37. The number of carboxylic acid groups (broad SMARTS) is 1. The van der Waals surface area contributed by atoms with Crippen molar-refractivity contribution in [1.82, 2.24) is 9.88 Å². The molecule has 1 N–H and O–H groups in total. The number of benzene rings is 1. The maximum atomic E-state index is 11.9. The molecule has 5 nitrogen and oxygen atoms in total. The predicted molar refractivity (Wildman–Crippen MR) is 77.3 cm³/mol. The molecule has 0 aliphatic carbocycles. The van der Waals surface area contributed by atoms with Crippen LogP contribution in [-0.2, 0) is 16.1 Å². The van der Waals surface area contributed by atoms with E-state index in [4.69, 9.17) is 0 Å². The van der Waals surface area contributed by atoms with Crippen LogP contribution in [0.15, 0.2) is 54.9 Å². The molecular weight excluding hydrogens is 268 g/mol. The summed E-state index contributed by atoms with van der Waals surface area (Å²) in [6, 6.07) is 11.6. The van der Waals surface area contributed by atoms with Gasteiger partial charge in [-0.3, -0.25) is 9.78 Å². The number of carbonyl (C=O) groups is 2. The molecule has 1 atom stereocenters. The normalized spacial score (nSPS) is 11.7. The quantitative estimate of drug-likeness (QED) is 0.914. The highest BCUT2D eigenvalue weighted by Gasteiger charge is 2.29. The summed E-state index contributed by atoms with van der Waals surface area (Å²) in [4.78, 5) is 28.8. The van der Waals surface area contributed by atoms with Gasteiger partial charge in [-0.05, 0) is 11.6 Å². The zero-order chi connectivity index (χ0) is 15.2. The summed E-state index contributed by atoms with van der Waals surface area (Å²) in [6.45, 7) is 1.61. The van der Waals surface area contributed by atoms with Gasteiger partial charge in [-0.25, -0.2) is 4.79 Å². The number of hydrogen-bond donors (Lipinski definition) is 1. The zero-order valence-corrected chi connectivity index (χ0v) is 11.6. The van der Waals surface area contributed by atoms with E-state index in [0.717, 1.165) is 5.56 Å². The van der Waals surface area contributed by atoms with Crippen LogP contribution in [0.5, 0.6) is 0 Å². The minimum Gasteiger partial charge on any atom is -0.479 e. The second-order valence-electron chi connectivity index (χ2n) is 4.66. The van der Waals surface area contributed by atoms with Gasteiger partial charge in [0, 0.05) is 31.4 Å². The number of pyridine rings is 1. The smallest absolute Gasteiger partial charge is 0.331 e. The Labute approximate surface area is 122 Å². The van der Waals surface area contributed by atoms with Crippen LogP contribution >= 0.6 is 0 Å². The molecule has 21 heavy (non-hydrogen) atoms. The molecule has 1 unspecified atom stereocenters. The van der Waals surface area contributed by atoms with Crippen molar-refractivity contribution in [2.45, 2.75) is 19.5 Å². The van der Waals surface area contributed by atoms with Gasteiger partial charge in [0.15, 0.2) is 6.04 Å². The van der Waals surface area contributed by atoms with Crippen LogP contribution in [0.25, 0.3) is 0 Å². The standard InChI is InChI=1S/C16H16N2O3/c1-12(19)18(11-13-6-3-2-4-7-13)15(16(20)21)14-8-5-9-17-10-14/h2-10,15H,11H2,1H3,(H,20,21). The van der Waals surface area contributed by atoms with Crippen LogP contribution < -0.4 is 0 Å². The molecule has 1 aromatic heterocycles. The van der Waals surface area contributed by atoms with Gasteiger partial charge in [0.2, 0.25) is 5.91 Å². The van der Waals surface area contributed by atoms with Gasteiger partial charge >= 0.3 is 5.97 Å². The summed E-state index contributed by atoms with van der Waals surface area (Å²) in [6.07, 6.45) is 3.04. The first-order valence-corrected chi connectivity index (χ1v) is 6.53. The highest BCUT2D eigenvalue weighted by Crippen LogP contribution is 2.23. The summed E-state index contributed by atoms with van der Waals surface area (Å²) >= 11 is 0. The molecular formula is C16H16N2O3. The number of hydrogen-bond acceptors (Lipinski definition) is 3. The highest BCUT2D eigenvalue weighted by atomic mass is 16.4. The molecule has 0 fully saturated rings. The van der Waals surface area contributed by atoms with Crippen molar-refractivity contribution in [3.05, 3.63) is 66.0 Å². The van der Waals surface area contributed by atoms with Crippen LogP contribution in [-0.4, -0.2) is 26.9 Å². The fourth-order valence-corrected chi connectivity index (χ4v) is 2.16. The number of carbonyl (C=O) groups excluding carboxylic acids is 1. The Hall–Kier alpha value is -2.69. The Bertz CT molecular complexity index is 614. The van der Waals surface area contributed by atoms with Gasteiger partial charge in [0.1, 0.15) is 0 Å². The highest BCUT2D eigenvalue weighted by molar-refractivity contribution is 5.83. The molecule has 0 saturated heterocycles. The van der Waals surface area contributed by atoms with Gasteiger partial charge < -0.3 is 10.0 Å². The number of carboxylic acids is 1. The minimum atomic E-state index is -1.07. The summed E-state index contributed by atoms with van der Waals surface area (Å²) < 4.78 is 0. The van der Waals surface area contributed by atoms with Crippen molar-refractivity contribution in [2.75, 3.05) is 0 Å². The summed E-state index contributed by atoms with van der Waals surface area (Å²) in [7, 11) is 0. The van der Waals surface area contributed by atoms with Crippen LogP contribution in [0.3, 0.4) is 0 Å². The molecule has 0 aliphatic heterocycles. The molecule has 1 amide bonds. The fourth-order valence-electron chi connectivity index (χ4n) is 2.16. The average molecular weight is 284 g/mol. The van der Waals surface area contributed by atoms with Crippen molar-refractivity contribution in [3.63, 3.8) is 0 Å². The van der Waals surface area contributed by atoms with Crippen molar-refractivity contribution < 1.29 is 14.7 Å². The molecule has 0 bridgehead atoms. The summed E-state index contributed by atoms with van der Waals surface area (Å²) in [5, 5.41) is 9.50. The van der Waals surface area contributed by atoms with Crippen LogP contribution in [0.2, 0.25) is 0 Å². The average Bonchev–Trinajstić information content (AvgIpc) is 2.48. The van der Waals surface area contributed by atoms with Crippen LogP contribution in [0.4, 0.5) is 0 Å². The van der Waals surface area contributed by atoms with E-state index < -0.39 is 12.0 Å². The first-order valence-electron chi connectivity index (χ1n) is 6.53. The van der Waals surface area contributed by atoms with E-state index in [1.54, 1.807) is 18.3 Å². The van der Waals surface area contributed by atoms with Gasteiger partial charge in [0.25, 0.3) is 0 Å². The second kappa shape index (κ2) is 6.65. The molecule has 0 aliphatic rings. The molecule has 108 valence electrons. The third-order valence-electron chi connectivity index (χ3n) is 3.15. The molecule has 1 aromatic carbocycles. The van der Waals surface area contributed by atoms with E-state index in [1.165, 1.54) is 18.0 Å². The Morgan fingerprint density at radius 1 is 1.19 bits per heavy atom. The summed E-state index contributed by atoms with van der Waals surface area (Å²) in [5.74, 6) is -1.37. The molecule has 2 aromatic rings. The zero-order valence-electron chi connectivity index (χ0n) is 11.6. The van der Waals surface area contributed by atoms with Crippen LogP contribution in [0, 0.1) is 0 Å². The fraction of sp³-hybridized carbons (Fsp3) is 0.188. The SMILES string of the molecule is CC(=O)N(Cc1ccccc1)C(C(=O)O)c1cccnc1. The Kier molecular flexibility index (Phi) is 4.66. The number of aliphatic carboxylic acids is 1. The molecule has 5 heteroatoms. The maximum Gasteiger partial charge on any atom is 0.331 e. The van der Waals surface area contributed by atoms with Crippen molar-refractivity contribution in [1.29, 1.82) is 0 Å². The van der Waals surface area contributed by atoms with Crippen molar-refractivity contribution in [3.8, 4) is 0 Å². The third kappa shape index (κ3) is 3.66. The number of rotatable bonds is 5. The Balaban J connectivity index is 2.34. The van der Waals surface area contributed by atoms with Gasteiger partial charge in [-0.2, -0.15) is 0 Å². The topological polar surface area (TPSA) is 70.5 Å². The largest absolute Gasteiger partial charge is 0.479 e. The van der Waals surface area contributed by atoms with Gasteiger partial charge in [-0.15, -0.1) is 0 Å². The van der Waals surface area contributed by atoms with Gasteiger partial charge in [0.05, 0.1) is 0 Å². The van der Waals surface area contributed by atoms with E-state index in [-0.39, 0.29) is 12.5 Å². The van der Waals surface area contributed by atoms with Crippen molar-refractivity contribution >= 4 is 11.9 Å². The van der Waals surface area contributed by atoms with E-state index >= 15 is 0 Å². The lowest BCUT2D eigenvalue weighted by molar-refractivity contribution is -0.150. The molecule has 0 saturated carbocycles. The first-order chi connectivity index (χ1) is 10.1. The molecule has 0 spiro atoms. The lowest BCUT2D eigenvalue weighted by atomic mass is 10.1. The van der Waals surface area contributed by atoms with E-state index in [2.05, 4.69) is 4.98 Å². The number of aromatic nitrogens is 1. The number of nitrogens with zero attached hydrogens (tertiary/aromatic N) is 2. The minimum absolute atomic E-state index is 0.238. The number of amides is 1. The van der Waals surface area contributed by atoms with Crippen molar-refractivity contribution in [2.24, 2.45) is 0 Å². The lowest BCUT2D eigenvalue weighted by Gasteiger charge is -2.28. The predicted octanol–water partition coefficient (Wildman–Crippen LogP) is 2.26. The first kappa shape index (κ1) is 14.7. The van der Waals surface area contributed by atoms with E-state index in [1.807, 2.05) is 30.3 Å². The Morgan fingerprint density at radius 2 is 1.90 bits per heavy atom. The molecule has 1 heterocycles. The van der Waals surface area contributed by atoms with Crippen LogP contribution in [0.1, 0.15) is 24.1 Å². The molecule has 2 rings (SSSR count). The summed E-state index contributed by atoms with van der Waals surface area (Å²) in [5.41, 5.74) is 1.36. The second-order valence-corrected chi connectivity index (χ2v) is 4.66. The monoisotopic (exact) mass is 284 g/mol. The Morgan fingerprint density at radius 3 is 2.43 bits per heavy atom.